The Balaban J connectivity index is 1.21. The van der Waals surface area contributed by atoms with Crippen LogP contribution >= 0.6 is 0 Å². The first-order valence-corrected chi connectivity index (χ1v) is 14.1. The number of nitrogens with one attached hydrogen (secondary N) is 1. The van der Waals surface area contributed by atoms with E-state index in [-0.39, 0.29) is 23.1 Å². The Morgan fingerprint density at radius 3 is 2.59 bits per heavy atom. The van der Waals surface area contributed by atoms with Crippen LogP contribution in [0.5, 0.6) is 5.75 Å². The lowest BCUT2D eigenvalue weighted by molar-refractivity contribution is -0.274. The third-order valence-corrected chi connectivity index (χ3v) is 10.7. The summed E-state index contributed by atoms with van der Waals surface area (Å²) in [5, 5.41) is 3.12. The molecule has 0 aliphatic heterocycles. The van der Waals surface area contributed by atoms with Gasteiger partial charge in [0, 0.05) is 19.8 Å². The number of ether oxygens (including phenoxy) is 2. The number of hydrogen-bond donors (Lipinski definition) is 1. The smallest absolute Gasteiger partial charge is 0.404 e. The van der Waals surface area contributed by atoms with Crippen LogP contribution in [0, 0.1) is 46.8 Å². The Bertz CT molecular complexity index is 955. The zero-order valence-corrected chi connectivity index (χ0v) is 22.2. The van der Waals surface area contributed by atoms with Gasteiger partial charge in [-0.2, -0.15) is 0 Å². The molecule has 9 atom stereocenters. The highest BCUT2D eigenvalue weighted by Gasteiger charge is 2.57. The third-order valence-electron chi connectivity index (χ3n) is 10.7. The Morgan fingerprint density at radius 1 is 1.11 bits per heavy atom. The van der Waals surface area contributed by atoms with Crippen LogP contribution in [0.4, 0.5) is 13.2 Å². The van der Waals surface area contributed by atoms with Gasteiger partial charge in [-0.3, -0.25) is 4.79 Å². The molecule has 206 valence electrons. The summed E-state index contributed by atoms with van der Waals surface area (Å²) in [4.78, 5) is 16.8. The van der Waals surface area contributed by atoms with Crippen LogP contribution in [0.15, 0.2) is 18.3 Å². The maximum atomic E-state index is 12.9. The van der Waals surface area contributed by atoms with Crippen LogP contribution in [-0.4, -0.2) is 37.0 Å². The molecule has 1 aromatic heterocycles. The number of nitrogens with zero attached hydrogens (tertiary/aromatic N) is 1. The zero-order valence-electron chi connectivity index (χ0n) is 22.2. The first kappa shape index (κ1) is 26.8. The maximum Gasteiger partial charge on any atom is 0.573 e. The third kappa shape index (κ3) is 5.37. The largest absolute Gasteiger partial charge is 0.573 e. The summed E-state index contributed by atoms with van der Waals surface area (Å²) >= 11 is 0. The minimum atomic E-state index is -4.78. The van der Waals surface area contributed by atoms with Crippen molar-refractivity contribution >= 4 is 5.91 Å². The van der Waals surface area contributed by atoms with Crippen molar-refractivity contribution in [2.45, 2.75) is 84.0 Å². The van der Waals surface area contributed by atoms with E-state index in [4.69, 9.17) is 4.74 Å². The SMILES string of the molecule is COC[C@H]1CC[C@@H]2C3CC[C@@]4(C)C(CCC4[C@@H](C)NC(=O)c4ccc(OC(F)(F)F)cn4)[C@@H]3CC[C@@H]2C1. The monoisotopic (exact) mass is 522 g/mol. The van der Waals surface area contributed by atoms with Gasteiger partial charge in [0.05, 0.1) is 6.20 Å². The van der Waals surface area contributed by atoms with Gasteiger partial charge in [0.2, 0.25) is 0 Å². The van der Waals surface area contributed by atoms with Gasteiger partial charge in [-0.15, -0.1) is 13.2 Å². The summed E-state index contributed by atoms with van der Waals surface area (Å²) < 4.78 is 46.6. The highest BCUT2D eigenvalue weighted by atomic mass is 19.4. The molecule has 5 nitrogen and oxygen atoms in total. The Labute approximate surface area is 218 Å². The van der Waals surface area contributed by atoms with E-state index in [2.05, 4.69) is 28.9 Å². The zero-order chi connectivity index (χ0) is 26.4. The molecule has 1 N–H and O–H groups in total. The van der Waals surface area contributed by atoms with Crippen molar-refractivity contribution in [1.82, 2.24) is 10.3 Å². The van der Waals surface area contributed by atoms with Crippen LogP contribution in [0.1, 0.15) is 82.1 Å². The summed E-state index contributed by atoms with van der Waals surface area (Å²) in [6.45, 7) is 5.44. The molecule has 1 heterocycles. The first-order chi connectivity index (χ1) is 17.6. The van der Waals surface area contributed by atoms with Gasteiger partial charge < -0.3 is 14.8 Å². The van der Waals surface area contributed by atoms with Crippen molar-refractivity contribution in [3.8, 4) is 5.75 Å². The quantitative estimate of drug-likeness (QED) is 0.456. The number of halogens is 3. The predicted molar refractivity (Wildman–Crippen MR) is 134 cm³/mol. The van der Waals surface area contributed by atoms with E-state index in [0.29, 0.717) is 11.8 Å². The standard InChI is InChI=1S/C29H41F3N2O3/c1-17(34-27(35)26-11-6-20(15-33-26)37-29(30,31)32)24-9-10-25-23-8-5-19-14-18(16-36-3)4-7-21(19)22(23)12-13-28(24,25)2/h6,11,15,17-19,21-25H,4-5,7-10,12-14,16H2,1-3H3,(H,34,35)/t17-,18+,19-,21+,22?,23-,24?,25?,28-/m1/s1. The summed E-state index contributed by atoms with van der Waals surface area (Å²) in [7, 11) is 1.82. The second-order valence-electron chi connectivity index (χ2n) is 12.5. The van der Waals surface area contributed by atoms with Gasteiger partial charge in [-0.05, 0) is 124 Å². The van der Waals surface area contributed by atoms with Gasteiger partial charge in [0.1, 0.15) is 11.4 Å². The summed E-state index contributed by atoms with van der Waals surface area (Å²) in [6.07, 6.45) is 7.73. The molecular weight excluding hydrogens is 481 g/mol. The molecule has 1 aromatic rings. The molecule has 4 fully saturated rings. The molecule has 4 aliphatic carbocycles. The predicted octanol–water partition coefficient (Wildman–Crippen LogP) is 6.63. The number of amides is 1. The minimum absolute atomic E-state index is 0.0206. The average molecular weight is 523 g/mol. The second kappa shape index (κ2) is 10.4. The summed E-state index contributed by atoms with van der Waals surface area (Å²) in [5.41, 5.74) is 0.318. The molecule has 4 saturated carbocycles. The molecule has 4 aliphatic rings. The van der Waals surface area contributed by atoms with Crippen molar-refractivity contribution in [3.63, 3.8) is 0 Å². The fourth-order valence-electron chi connectivity index (χ4n) is 9.29. The van der Waals surface area contributed by atoms with E-state index in [1.54, 1.807) is 0 Å². The number of carbonyl (C=O) groups is 1. The van der Waals surface area contributed by atoms with Gasteiger partial charge in [0.25, 0.3) is 5.91 Å². The number of fused-ring (bicyclic) bond motifs is 5. The van der Waals surface area contributed by atoms with Crippen LogP contribution in [-0.2, 0) is 4.74 Å². The van der Waals surface area contributed by atoms with Crippen molar-refractivity contribution in [1.29, 1.82) is 0 Å². The number of alkyl halides is 3. The molecule has 0 spiro atoms. The maximum absolute atomic E-state index is 12.9. The van der Waals surface area contributed by atoms with Crippen LogP contribution in [0.2, 0.25) is 0 Å². The topological polar surface area (TPSA) is 60.5 Å². The second-order valence-corrected chi connectivity index (χ2v) is 12.5. The Kier molecular flexibility index (Phi) is 7.51. The van der Waals surface area contributed by atoms with Crippen molar-refractivity contribution in [2.75, 3.05) is 13.7 Å². The number of rotatable bonds is 6. The lowest BCUT2D eigenvalue weighted by atomic mass is 9.49. The molecule has 1 amide bonds. The fraction of sp³-hybridized carbons (Fsp3) is 0.793. The summed E-state index contributed by atoms with van der Waals surface area (Å²) in [6, 6.07) is 2.40. The molecule has 5 rings (SSSR count). The van der Waals surface area contributed by atoms with Crippen molar-refractivity contribution in [2.24, 2.45) is 46.8 Å². The Morgan fingerprint density at radius 2 is 1.89 bits per heavy atom. The van der Waals surface area contributed by atoms with Gasteiger partial charge in [-0.1, -0.05) is 6.92 Å². The molecule has 0 radical (unpaired) electrons. The van der Waals surface area contributed by atoms with Gasteiger partial charge >= 0.3 is 6.36 Å². The van der Waals surface area contributed by atoms with E-state index < -0.39 is 12.1 Å². The highest BCUT2D eigenvalue weighted by molar-refractivity contribution is 5.92. The molecule has 0 saturated heterocycles. The molecule has 3 unspecified atom stereocenters. The minimum Gasteiger partial charge on any atom is -0.404 e. The molecule has 0 aromatic carbocycles. The van der Waals surface area contributed by atoms with E-state index in [1.807, 2.05) is 7.11 Å². The lowest BCUT2D eigenvalue weighted by Crippen LogP contribution is -2.51. The summed E-state index contributed by atoms with van der Waals surface area (Å²) in [5.74, 6) is 4.47. The van der Waals surface area contributed by atoms with E-state index in [1.165, 1.54) is 57.4 Å². The normalized spacial score (nSPS) is 38.2. The van der Waals surface area contributed by atoms with Crippen molar-refractivity contribution in [3.05, 3.63) is 24.0 Å². The average Bonchev–Trinajstić information content (AvgIpc) is 3.20. The number of aromatic nitrogens is 1. The number of hydrogen-bond acceptors (Lipinski definition) is 4. The number of methoxy groups -OCH3 is 1. The van der Waals surface area contributed by atoms with E-state index >= 15 is 0 Å². The van der Waals surface area contributed by atoms with E-state index in [0.717, 1.165) is 54.9 Å². The van der Waals surface area contributed by atoms with Gasteiger partial charge in [-0.25, -0.2) is 4.98 Å². The molecular formula is C29H41F3N2O3. The molecule has 37 heavy (non-hydrogen) atoms. The highest BCUT2D eigenvalue weighted by Crippen LogP contribution is 2.64. The Hall–Kier alpha value is -1.83. The van der Waals surface area contributed by atoms with E-state index in [9.17, 15) is 18.0 Å². The molecule has 8 heteroatoms. The van der Waals surface area contributed by atoms with Gasteiger partial charge in [0.15, 0.2) is 0 Å². The fourth-order valence-corrected chi connectivity index (χ4v) is 9.29. The van der Waals surface area contributed by atoms with Crippen molar-refractivity contribution < 1.29 is 27.4 Å². The first-order valence-electron chi connectivity index (χ1n) is 14.1. The number of pyridine rings is 1. The van der Waals surface area contributed by atoms with Crippen LogP contribution < -0.4 is 10.1 Å². The van der Waals surface area contributed by atoms with Crippen LogP contribution in [0.3, 0.4) is 0 Å². The van der Waals surface area contributed by atoms with Crippen LogP contribution in [0.25, 0.3) is 0 Å². The number of carbonyl (C=O) groups excluding carboxylic acids is 1. The lowest BCUT2D eigenvalue weighted by Gasteiger charge is -2.56. The molecule has 0 bridgehead atoms.